The zero-order valence-electron chi connectivity index (χ0n) is 8.43. The third-order valence-electron chi connectivity index (χ3n) is 1.57. The zero-order valence-corrected chi connectivity index (χ0v) is 8.43. The number of hydrogen-bond acceptors (Lipinski definition) is 3. The van der Waals surface area contributed by atoms with Crippen molar-refractivity contribution in [2.24, 2.45) is 0 Å². The molecular weight excluding hydrogens is 180 g/mol. The highest BCUT2D eigenvalue weighted by Gasteiger charge is 1.88. The van der Waals surface area contributed by atoms with Gasteiger partial charge in [-0.1, -0.05) is 30.3 Å². The summed E-state index contributed by atoms with van der Waals surface area (Å²) < 4.78 is 0. The molecule has 0 aliphatic heterocycles. The van der Waals surface area contributed by atoms with E-state index in [0.29, 0.717) is 6.42 Å². The van der Waals surface area contributed by atoms with E-state index < -0.39 is 0 Å². The minimum Gasteiger partial charge on any atom is -0.396 e. The van der Waals surface area contributed by atoms with Crippen LogP contribution in [0.1, 0.15) is 18.9 Å². The average molecular weight is 198 g/mol. The first-order valence-electron chi connectivity index (χ1n) is 4.64. The lowest BCUT2D eigenvalue weighted by molar-refractivity contribution is 0.148. The van der Waals surface area contributed by atoms with Gasteiger partial charge in [0.05, 0.1) is 12.7 Å². The predicted molar refractivity (Wildman–Crippen MR) is 55.7 cm³/mol. The summed E-state index contributed by atoms with van der Waals surface area (Å²) in [4.78, 5) is 0. The average Bonchev–Trinajstić information content (AvgIpc) is 2.20. The van der Waals surface area contributed by atoms with E-state index in [2.05, 4.69) is 0 Å². The molecule has 3 N–H and O–H groups in total. The molecule has 0 fully saturated rings. The van der Waals surface area contributed by atoms with Gasteiger partial charge in [-0.3, -0.25) is 0 Å². The molecule has 1 unspecified atom stereocenters. The largest absolute Gasteiger partial charge is 0.396 e. The Kier molecular flexibility index (Phi) is 8.13. The molecule has 0 radical (unpaired) electrons. The molecule has 1 aromatic carbocycles. The van der Waals surface area contributed by atoms with Gasteiger partial charge < -0.3 is 15.3 Å². The minimum atomic E-state index is -0.352. The molecule has 0 saturated heterocycles. The number of benzene rings is 1. The highest BCUT2D eigenvalue weighted by Crippen LogP contribution is 1.95. The maximum atomic E-state index is 8.54. The Morgan fingerprint density at radius 2 is 1.71 bits per heavy atom. The normalized spacial score (nSPS) is 11.4. The molecule has 14 heavy (non-hydrogen) atoms. The molecule has 0 saturated carbocycles. The molecule has 0 amide bonds. The predicted octanol–water partition coefficient (Wildman–Crippen LogP) is 0.928. The van der Waals surface area contributed by atoms with E-state index in [1.165, 1.54) is 0 Å². The Morgan fingerprint density at radius 3 is 1.93 bits per heavy atom. The smallest absolute Gasteiger partial charge is 0.0681 e. The third-order valence-corrected chi connectivity index (χ3v) is 1.57. The van der Waals surface area contributed by atoms with Crippen LogP contribution in [-0.4, -0.2) is 28.0 Å². The molecule has 0 aromatic heterocycles. The molecule has 1 rings (SSSR count). The molecule has 0 aliphatic rings. The summed E-state index contributed by atoms with van der Waals surface area (Å²) in [6.07, 6.45) is 0.134. The van der Waals surface area contributed by atoms with Crippen molar-refractivity contribution in [2.45, 2.75) is 26.1 Å². The van der Waals surface area contributed by atoms with E-state index in [0.717, 1.165) is 5.56 Å². The van der Waals surface area contributed by atoms with Gasteiger partial charge in [0.25, 0.3) is 0 Å². The van der Waals surface area contributed by atoms with Gasteiger partial charge in [-0.05, 0) is 18.9 Å². The van der Waals surface area contributed by atoms with Gasteiger partial charge in [-0.2, -0.15) is 0 Å². The van der Waals surface area contributed by atoms with Crippen molar-refractivity contribution in [2.75, 3.05) is 6.61 Å². The topological polar surface area (TPSA) is 60.7 Å². The summed E-state index contributed by atoms with van der Waals surface area (Å²) in [6, 6.07) is 9.52. The molecule has 1 aromatic rings. The van der Waals surface area contributed by atoms with Gasteiger partial charge >= 0.3 is 0 Å². The third kappa shape index (κ3) is 7.73. The van der Waals surface area contributed by atoms with Crippen molar-refractivity contribution in [1.29, 1.82) is 0 Å². The van der Waals surface area contributed by atoms with Gasteiger partial charge in [0.15, 0.2) is 0 Å². The second kappa shape index (κ2) is 8.69. The summed E-state index contributed by atoms with van der Waals surface area (Å²) in [5, 5.41) is 25.0. The minimum absolute atomic E-state index is 0.0810. The van der Waals surface area contributed by atoms with Crippen molar-refractivity contribution in [3.05, 3.63) is 35.9 Å². The fourth-order valence-electron chi connectivity index (χ4n) is 0.770. The van der Waals surface area contributed by atoms with E-state index in [1.54, 1.807) is 6.92 Å². The van der Waals surface area contributed by atoms with Gasteiger partial charge in [0.2, 0.25) is 0 Å². The molecule has 80 valence electrons. The first kappa shape index (κ1) is 13.1. The number of rotatable bonds is 3. The monoisotopic (exact) mass is 198 g/mol. The summed E-state index contributed by atoms with van der Waals surface area (Å²) in [7, 11) is 0. The maximum Gasteiger partial charge on any atom is 0.0681 e. The number of aliphatic hydroxyl groups is 3. The lowest BCUT2D eigenvalue weighted by Crippen LogP contribution is -2.00. The van der Waals surface area contributed by atoms with Gasteiger partial charge in [-0.15, -0.1) is 0 Å². The standard InChI is InChI=1S/C7H8O.C4H10O2/c8-6-7-4-2-1-3-5-7;1-4(6)2-3-5/h1-5,8H,6H2;4-6H,2-3H2,1H3. The Bertz CT molecular complexity index is 209. The first-order chi connectivity index (χ1) is 6.70. The first-order valence-corrected chi connectivity index (χ1v) is 4.64. The molecule has 0 bridgehead atoms. The lowest BCUT2D eigenvalue weighted by atomic mass is 10.2. The Labute approximate surface area is 84.6 Å². The van der Waals surface area contributed by atoms with E-state index in [-0.39, 0.29) is 19.3 Å². The van der Waals surface area contributed by atoms with Crippen molar-refractivity contribution < 1.29 is 15.3 Å². The quantitative estimate of drug-likeness (QED) is 0.677. The molecule has 0 aliphatic carbocycles. The van der Waals surface area contributed by atoms with E-state index >= 15 is 0 Å². The molecule has 0 heterocycles. The van der Waals surface area contributed by atoms with Crippen LogP contribution in [0.5, 0.6) is 0 Å². The van der Waals surface area contributed by atoms with Crippen molar-refractivity contribution in [3.8, 4) is 0 Å². The highest BCUT2D eigenvalue weighted by molar-refractivity contribution is 5.12. The SMILES string of the molecule is CC(O)CCO.OCc1ccccc1. The van der Waals surface area contributed by atoms with Gasteiger partial charge in [-0.25, -0.2) is 0 Å². The zero-order chi connectivity index (χ0) is 10.8. The van der Waals surface area contributed by atoms with Crippen LogP contribution in [0.3, 0.4) is 0 Å². The summed E-state index contributed by atoms with van der Waals surface area (Å²) in [5.41, 5.74) is 0.965. The van der Waals surface area contributed by atoms with Crippen molar-refractivity contribution >= 4 is 0 Å². The second-order valence-electron chi connectivity index (χ2n) is 3.01. The Morgan fingerprint density at radius 1 is 1.14 bits per heavy atom. The van der Waals surface area contributed by atoms with Crippen LogP contribution in [0.25, 0.3) is 0 Å². The van der Waals surface area contributed by atoms with Gasteiger partial charge in [0.1, 0.15) is 0 Å². The summed E-state index contributed by atoms with van der Waals surface area (Å²) in [6.45, 7) is 1.87. The lowest BCUT2D eigenvalue weighted by Gasteiger charge is -1.95. The Balaban J connectivity index is 0.000000255. The van der Waals surface area contributed by atoms with Crippen LogP contribution in [0.4, 0.5) is 0 Å². The van der Waals surface area contributed by atoms with E-state index in [1.807, 2.05) is 30.3 Å². The van der Waals surface area contributed by atoms with Crippen LogP contribution in [-0.2, 0) is 6.61 Å². The molecule has 3 heteroatoms. The van der Waals surface area contributed by atoms with Crippen LogP contribution in [0, 0.1) is 0 Å². The van der Waals surface area contributed by atoms with Crippen LogP contribution >= 0.6 is 0 Å². The Hall–Kier alpha value is -0.900. The van der Waals surface area contributed by atoms with Crippen LogP contribution < -0.4 is 0 Å². The van der Waals surface area contributed by atoms with Crippen molar-refractivity contribution in [3.63, 3.8) is 0 Å². The maximum absolute atomic E-state index is 8.54. The summed E-state index contributed by atoms with van der Waals surface area (Å²) >= 11 is 0. The van der Waals surface area contributed by atoms with Gasteiger partial charge in [0, 0.05) is 6.61 Å². The molecule has 0 spiro atoms. The molecule has 3 nitrogen and oxygen atoms in total. The molecular formula is C11H18O3. The van der Waals surface area contributed by atoms with Crippen molar-refractivity contribution in [1.82, 2.24) is 0 Å². The van der Waals surface area contributed by atoms with Crippen LogP contribution in [0.15, 0.2) is 30.3 Å². The van der Waals surface area contributed by atoms with E-state index in [9.17, 15) is 0 Å². The molecule has 1 atom stereocenters. The number of aliphatic hydroxyl groups excluding tert-OH is 3. The highest BCUT2D eigenvalue weighted by atomic mass is 16.3. The van der Waals surface area contributed by atoms with E-state index in [4.69, 9.17) is 15.3 Å². The van der Waals surface area contributed by atoms with Crippen LogP contribution in [0.2, 0.25) is 0 Å². The second-order valence-corrected chi connectivity index (χ2v) is 3.01. The fraction of sp³-hybridized carbons (Fsp3) is 0.455. The summed E-state index contributed by atoms with van der Waals surface area (Å²) in [5.74, 6) is 0. The fourth-order valence-corrected chi connectivity index (χ4v) is 0.770. The number of hydrogen-bond donors (Lipinski definition) is 3.